The maximum absolute atomic E-state index is 12.6. The summed E-state index contributed by atoms with van der Waals surface area (Å²) in [6.07, 6.45) is 1.65. The molecule has 1 aromatic carbocycles. The van der Waals surface area contributed by atoms with E-state index < -0.39 is 21.5 Å². The van der Waals surface area contributed by atoms with Crippen molar-refractivity contribution >= 4 is 16.0 Å². The van der Waals surface area contributed by atoms with Crippen molar-refractivity contribution in [2.75, 3.05) is 7.11 Å². The van der Waals surface area contributed by atoms with Gasteiger partial charge in [-0.3, -0.25) is 4.79 Å². The predicted octanol–water partition coefficient (Wildman–Crippen LogP) is 1.62. The summed E-state index contributed by atoms with van der Waals surface area (Å²) >= 11 is 0. The van der Waals surface area contributed by atoms with E-state index in [1.807, 2.05) is 0 Å². The van der Waals surface area contributed by atoms with Crippen LogP contribution in [0.25, 0.3) is 0 Å². The highest BCUT2D eigenvalue weighted by molar-refractivity contribution is 7.89. The first-order valence-electron chi connectivity index (χ1n) is 6.74. The molecule has 0 aliphatic heterocycles. The van der Waals surface area contributed by atoms with E-state index in [2.05, 4.69) is 4.72 Å². The second-order valence-corrected chi connectivity index (χ2v) is 6.98. The van der Waals surface area contributed by atoms with Crippen molar-refractivity contribution in [3.8, 4) is 5.75 Å². The van der Waals surface area contributed by atoms with Gasteiger partial charge in [0, 0.05) is 0 Å². The number of hydrogen-bond donors (Lipinski definition) is 2. The van der Waals surface area contributed by atoms with Crippen LogP contribution >= 0.6 is 0 Å². The number of benzene rings is 1. The van der Waals surface area contributed by atoms with Crippen LogP contribution in [0, 0.1) is 5.92 Å². The Bertz CT molecular complexity index is 643. The molecule has 0 amide bonds. The first-order valence-corrected chi connectivity index (χ1v) is 8.22. The van der Waals surface area contributed by atoms with Crippen LogP contribution < -0.4 is 9.46 Å². The zero-order chi connectivity index (χ0) is 15.7. The molecule has 1 fully saturated rings. The molecule has 1 saturated carbocycles. The van der Waals surface area contributed by atoms with Crippen LogP contribution in [0.2, 0.25) is 0 Å². The second kappa shape index (κ2) is 5.65. The molecule has 2 N–H and O–H groups in total. The lowest BCUT2D eigenvalue weighted by Crippen LogP contribution is -2.56. The largest absolute Gasteiger partial charge is 0.495 e. The fourth-order valence-corrected chi connectivity index (χ4v) is 4.48. The summed E-state index contributed by atoms with van der Waals surface area (Å²) in [7, 11) is -2.60. The van der Waals surface area contributed by atoms with Crippen molar-refractivity contribution in [1.29, 1.82) is 0 Å². The van der Waals surface area contributed by atoms with Crippen molar-refractivity contribution in [3.05, 3.63) is 24.3 Å². The van der Waals surface area contributed by atoms with Gasteiger partial charge >= 0.3 is 5.97 Å². The van der Waals surface area contributed by atoms with E-state index in [1.165, 1.54) is 19.2 Å². The Morgan fingerprint density at radius 2 is 2.10 bits per heavy atom. The average molecular weight is 313 g/mol. The van der Waals surface area contributed by atoms with Crippen LogP contribution in [-0.4, -0.2) is 32.1 Å². The van der Waals surface area contributed by atoms with Gasteiger partial charge in [-0.15, -0.1) is 0 Å². The molecule has 0 heterocycles. The molecule has 2 unspecified atom stereocenters. The quantitative estimate of drug-likeness (QED) is 0.861. The van der Waals surface area contributed by atoms with Crippen LogP contribution in [0.4, 0.5) is 0 Å². The molecule has 0 bridgehead atoms. The molecular formula is C14H19NO5S. The summed E-state index contributed by atoms with van der Waals surface area (Å²) in [5, 5.41) is 9.51. The summed E-state index contributed by atoms with van der Waals surface area (Å²) < 4.78 is 32.6. The third-order valence-corrected chi connectivity index (χ3v) is 5.66. The summed E-state index contributed by atoms with van der Waals surface area (Å²) in [4.78, 5) is 11.6. The number of sulfonamides is 1. The Morgan fingerprint density at radius 1 is 1.43 bits per heavy atom. The number of nitrogens with one attached hydrogen (secondary N) is 1. The highest BCUT2D eigenvalue weighted by atomic mass is 32.2. The van der Waals surface area contributed by atoms with Crippen LogP contribution in [-0.2, 0) is 14.8 Å². The third-order valence-electron chi connectivity index (χ3n) is 4.11. The third kappa shape index (κ3) is 2.75. The van der Waals surface area contributed by atoms with Crippen molar-refractivity contribution in [1.82, 2.24) is 4.72 Å². The number of aliphatic carboxylic acids is 1. The van der Waals surface area contributed by atoms with E-state index in [4.69, 9.17) is 4.74 Å². The lowest BCUT2D eigenvalue weighted by molar-refractivity contribution is -0.145. The van der Waals surface area contributed by atoms with Gasteiger partial charge in [0.2, 0.25) is 10.0 Å². The van der Waals surface area contributed by atoms with E-state index in [0.29, 0.717) is 12.8 Å². The van der Waals surface area contributed by atoms with E-state index in [0.717, 1.165) is 0 Å². The molecule has 0 saturated heterocycles. The molecule has 116 valence electrons. The van der Waals surface area contributed by atoms with Crippen molar-refractivity contribution < 1.29 is 23.1 Å². The molecule has 1 aliphatic rings. The van der Waals surface area contributed by atoms with Crippen molar-refractivity contribution in [2.45, 2.75) is 36.6 Å². The standard InChI is InChI=1S/C14H19NO5S/c1-10-6-5-9-14(10,13(16)17)15-21(18,19)12-8-4-3-7-11(12)20-2/h3-4,7-8,10,15H,5-6,9H2,1-2H3,(H,16,17). The fraction of sp³-hybridized carbons (Fsp3) is 0.500. The molecule has 2 atom stereocenters. The topological polar surface area (TPSA) is 92.7 Å². The molecule has 1 aromatic rings. The Hall–Kier alpha value is -1.60. The smallest absolute Gasteiger partial charge is 0.325 e. The van der Waals surface area contributed by atoms with Crippen LogP contribution in [0.1, 0.15) is 26.2 Å². The van der Waals surface area contributed by atoms with Crippen LogP contribution in [0.15, 0.2) is 29.2 Å². The minimum Gasteiger partial charge on any atom is -0.495 e. The normalized spacial score (nSPS) is 25.7. The number of para-hydroxylation sites is 1. The van der Waals surface area contributed by atoms with Gasteiger partial charge in [0.15, 0.2) is 0 Å². The number of carbonyl (C=O) groups is 1. The van der Waals surface area contributed by atoms with Gasteiger partial charge in [-0.25, -0.2) is 8.42 Å². The molecule has 0 radical (unpaired) electrons. The Labute approximate surface area is 124 Å². The van der Waals surface area contributed by atoms with Gasteiger partial charge in [-0.2, -0.15) is 4.72 Å². The number of hydrogen-bond acceptors (Lipinski definition) is 4. The lowest BCUT2D eigenvalue weighted by atomic mass is 9.90. The number of rotatable bonds is 5. The second-order valence-electron chi connectivity index (χ2n) is 5.33. The summed E-state index contributed by atoms with van der Waals surface area (Å²) in [5.74, 6) is -1.21. The zero-order valence-electron chi connectivity index (χ0n) is 12.0. The van der Waals surface area contributed by atoms with Crippen LogP contribution in [0.5, 0.6) is 5.75 Å². The molecular weight excluding hydrogens is 294 g/mol. The fourth-order valence-electron chi connectivity index (χ4n) is 2.83. The number of ether oxygens (including phenoxy) is 1. The molecule has 6 nitrogen and oxygen atoms in total. The molecule has 1 aliphatic carbocycles. The van der Waals surface area contributed by atoms with Crippen LogP contribution in [0.3, 0.4) is 0 Å². The minimum atomic E-state index is -3.98. The van der Waals surface area contributed by atoms with Gasteiger partial charge < -0.3 is 9.84 Å². The first kappa shape index (κ1) is 15.8. The average Bonchev–Trinajstić information content (AvgIpc) is 2.80. The van der Waals surface area contributed by atoms with Gasteiger partial charge in [0.25, 0.3) is 0 Å². The number of carboxylic acids is 1. The van der Waals surface area contributed by atoms with Crippen molar-refractivity contribution in [3.63, 3.8) is 0 Å². The van der Waals surface area contributed by atoms with Gasteiger partial charge in [-0.05, 0) is 30.9 Å². The highest BCUT2D eigenvalue weighted by Gasteiger charge is 2.50. The van der Waals surface area contributed by atoms with Crippen molar-refractivity contribution in [2.24, 2.45) is 5.92 Å². The number of carboxylic acid groups (broad SMARTS) is 1. The minimum absolute atomic E-state index is 0.0489. The maximum atomic E-state index is 12.6. The zero-order valence-corrected chi connectivity index (χ0v) is 12.8. The maximum Gasteiger partial charge on any atom is 0.325 e. The molecule has 0 aromatic heterocycles. The van der Waals surface area contributed by atoms with Gasteiger partial charge in [0.05, 0.1) is 7.11 Å². The summed E-state index contributed by atoms with van der Waals surface area (Å²) in [5.41, 5.74) is -1.44. The monoisotopic (exact) mass is 313 g/mol. The highest BCUT2D eigenvalue weighted by Crippen LogP contribution is 2.37. The SMILES string of the molecule is COc1ccccc1S(=O)(=O)NC1(C(=O)O)CCCC1C. The van der Waals surface area contributed by atoms with Gasteiger partial charge in [0.1, 0.15) is 16.2 Å². The van der Waals surface area contributed by atoms with E-state index in [1.54, 1.807) is 19.1 Å². The molecule has 2 rings (SSSR count). The van der Waals surface area contributed by atoms with E-state index >= 15 is 0 Å². The summed E-state index contributed by atoms with van der Waals surface area (Å²) in [6.45, 7) is 1.76. The Balaban J connectivity index is 2.43. The predicted molar refractivity (Wildman–Crippen MR) is 76.7 cm³/mol. The Kier molecular flexibility index (Phi) is 4.25. The first-order chi connectivity index (χ1) is 9.83. The molecule has 0 spiro atoms. The molecule has 7 heteroatoms. The summed E-state index contributed by atoms with van der Waals surface area (Å²) in [6, 6.07) is 6.15. The number of methoxy groups -OCH3 is 1. The Morgan fingerprint density at radius 3 is 2.62 bits per heavy atom. The van der Waals surface area contributed by atoms with Gasteiger partial charge in [-0.1, -0.05) is 25.5 Å². The molecule has 21 heavy (non-hydrogen) atoms. The lowest BCUT2D eigenvalue weighted by Gasteiger charge is -2.30. The van der Waals surface area contributed by atoms with E-state index in [-0.39, 0.29) is 23.0 Å². The van der Waals surface area contributed by atoms with E-state index in [9.17, 15) is 18.3 Å².